The zero-order valence-electron chi connectivity index (χ0n) is 13.0. The first-order valence-corrected chi connectivity index (χ1v) is 9.44. The molecule has 1 aromatic heterocycles. The largest absolute Gasteiger partial charge is 0.387 e. The molecule has 3 heterocycles. The van der Waals surface area contributed by atoms with Crippen molar-refractivity contribution in [1.29, 1.82) is 0 Å². The van der Waals surface area contributed by atoms with Crippen molar-refractivity contribution in [1.82, 2.24) is 9.29 Å². The van der Waals surface area contributed by atoms with Crippen molar-refractivity contribution in [3.05, 3.63) is 24.5 Å². The van der Waals surface area contributed by atoms with Gasteiger partial charge in [0.25, 0.3) is 5.91 Å². The summed E-state index contributed by atoms with van der Waals surface area (Å²) in [5, 5.41) is 6.39. The van der Waals surface area contributed by atoms with Crippen LogP contribution in [0.2, 0.25) is 0 Å². The predicted molar refractivity (Wildman–Crippen MR) is 86.9 cm³/mol. The number of nitrogens with one attached hydrogen (secondary N) is 1. The summed E-state index contributed by atoms with van der Waals surface area (Å²) in [6, 6.07) is 3.46. The van der Waals surface area contributed by atoms with Gasteiger partial charge in [0, 0.05) is 25.6 Å². The third-order valence-electron chi connectivity index (χ3n) is 4.61. The first kappa shape index (κ1) is 15.5. The molecule has 1 aliphatic carbocycles. The van der Waals surface area contributed by atoms with Crippen molar-refractivity contribution in [3.8, 4) is 0 Å². The van der Waals surface area contributed by atoms with Crippen LogP contribution in [0.15, 0.2) is 29.7 Å². The minimum atomic E-state index is -3.22. The van der Waals surface area contributed by atoms with E-state index < -0.39 is 15.6 Å². The second kappa shape index (κ2) is 5.52. The summed E-state index contributed by atoms with van der Waals surface area (Å²) in [7, 11) is -3.22. The first-order valence-electron chi connectivity index (χ1n) is 7.94. The number of hydrogen-bond donors (Lipinski definition) is 1. The number of sulfonamides is 1. The molecule has 1 N–H and O–H groups in total. The Kier molecular flexibility index (Phi) is 3.57. The van der Waals surface area contributed by atoms with Crippen LogP contribution in [0.3, 0.4) is 0 Å². The minimum Gasteiger partial charge on any atom is -0.387 e. The van der Waals surface area contributed by atoms with Crippen LogP contribution < -0.4 is 5.32 Å². The number of oxime groups is 1. The fraction of sp³-hybridized carbons (Fsp3) is 0.533. The van der Waals surface area contributed by atoms with E-state index in [0.29, 0.717) is 25.1 Å². The molecule has 1 atom stereocenters. The molecule has 1 unspecified atom stereocenters. The number of aromatic nitrogens is 1. The van der Waals surface area contributed by atoms with Gasteiger partial charge >= 0.3 is 0 Å². The molecular formula is C15H18N4O4S. The molecule has 1 amide bonds. The van der Waals surface area contributed by atoms with E-state index in [-0.39, 0.29) is 23.4 Å². The van der Waals surface area contributed by atoms with Gasteiger partial charge in [-0.25, -0.2) is 8.42 Å². The van der Waals surface area contributed by atoms with Crippen molar-refractivity contribution in [3.63, 3.8) is 0 Å². The minimum absolute atomic E-state index is 0.233. The average Bonchev–Trinajstić information content (AvgIpc) is 3.24. The van der Waals surface area contributed by atoms with E-state index in [0.717, 1.165) is 12.8 Å². The van der Waals surface area contributed by atoms with Crippen molar-refractivity contribution < 1.29 is 18.0 Å². The van der Waals surface area contributed by atoms with Gasteiger partial charge in [-0.05, 0) is 25.0 Å². The van der Waals surface area contributed by atoms with Crippen LogP contribution in [0.4, 0.5) is 5.69 Å². The molecular weight excluding hydrogens is 332 g/mol. The molecule has 0 radical (unpaired) electrons. The molecule has 0 aromatic carbocycles. The second-order valence-electron chi connectivity index (χ2n) is 6.51. The molecule has 1 spiro atoms. The van der Waals surface area contributed by atoms with E-state index in [1.165, 1.54) is 4.31 Å². The van der Waals surface area contributed by atoms with Crippen molar-refractivity contribution >= 4 is 27.3 Å². The smallest absolute Gasteiger partial charge is 0.273 e. The molecule has 2 aliphatic heterocycles. The predicted octanol–water partition coefficient (Wildman–Crippen LogP) is 0.733. The van der Waals surface area contributed by atoms with Crippen LogP contribution in [0, 0.1) is 0 Å². The zero-order chi connectivity index (χ0) is 16.8. The lowest BCUT2D eigenvalue weighted by atomic mass is 9.96. The Morgan fingerprint density at radius 1 is 1.42 bits per heavy atom. The first-order chi connectivity index (χ1) is 11.5. The van der Waals surface area contributed by atoms with Crippen LogP contribution in [0.1, 0.15) is 25.7 Å². The summed E-state index contributed by atoms with van der Waals surface area (Å²) in [5.74, 6) is -0.344. The quantitative estimate of drug-likeness (QED) is 0.863. The van der Waals surface area contributed by atoms with Crippen LogP contribution in [0.5, 0.6) is 0 Å². The normalized spacial score (nSPS) is 27.1. The molecule has 2 fully saturated rings. The Bertz CT molecular complexity index is 791. The molecule has 4 rings (SSSR count). The van der Waals surface area contributed by atoms with Gasteiger partial charge in [0.05, 0.1) is 23.7 Å². The van der Waals surface area contributed by atoms with E-state index in [2.05, 4.69) is 15.5 Å². The van der Waals surface area contributed by atoms with Crippen molar-refractivity contribution in [2.75, 3.05) is 18.4 Å². The lowest BCUT2D eigenvalue weighted by molar-refractivity contribution is -0.110. The fourth-order valence-electron chi connectivity index (χ4n) is 3.10. The zero-order valence-corrected chi connectivity index (χ0v) is 13.8. The summed E-state index contributed by atoms with van der Waals surface area (Å²) in [6.07, 6.45) is 5.50. The Morgan fingerprint density at radius 2 is 2.25 bits per heavy atom. The van der Waals surface area contributed by atoms with Crippen LogP contribution >= 0.6 is 0 Å². The Balaban J connectivity index is 1.40. The summed E-state index contributed by atoms with van der Waals surface area (Å²) >= 11 is 0. The number of hydrogen-bond acceptors (Lipinski definition) is 6. The molecule has 128 valence electrons. The number of carbonyl (C=O) groups is 1. The summed E-state index contributed by atoms with van der Waals surface area (Å²) in [5.41, 5.74) is 0.156. The molecule has 0 bridgehead atoms. The van der Waals surface area contributed by atoms with Crippen LogP contribution in [0.25, 0.3) is 0 Å². The Labute approximate surface area is 139 Å². The molecule has 9 heteroatoms. The Morgan fingerprint density at radius 3 is 2.96 bits per heavy atom. The monoisotopic (exact) mass is 350 g/mol. The SMILES string of the molecule is O=C(Nc1cccnc1)C1=NOC2(CCN(S(=O)(=O)C3CC3)C2)C1. The summed E-state index contributed by atoms with van der Waals surface area (Å²) in [4.78, 5) is 21.7. The van der Waals surface area contributed by atoms with Crippen molar-refractivity contribution in [2.24, 2.45) is 5.16 Å². The maximum absolute atomic E-state index is 12.3. The van der Waals surface area contributed by atoms with Crippen LogP contribution in [-0.4, -0.2) is 53.3 Å². The highest BCUT2D eigenvalue weighted by molar-refractivity contribution is 7.90. The number of nitrogens with zero attached hydrogens (tertiary/aromatic N) is 3. The number of rotatable bonds is 4. The van der Waals surface area contributed by atoms with Gasteiger partial charge in [0.15, 0.2) is 5.60 Å². The summed E-state index contributed by atoms with van der Waals surface area (Å²) < 4.78 is 26.2. The number of anilines is 1. The second-order valence-corrected chi connectivity index (χ2v) is 8.73. The van der Waals surface area contributed by atoms with Crippen LogP contribution in [-0.2, 0) is 19.7 Å². The standard InChI is InChI=1S/C15H18N4O4S/c20-14(17-11-2-1-6-16-9-11)13-8-15(23-18-13)5-7-19(10-15)24(21,22)12-3-4-12/h1-2,6,9,12H,3-5,7-8,10H2,(H,17,20). The molecule has 1 saturated carbocycles. The number of pyridine rings is 1. The topological polar surface area (TPSA) is 101 Å². The van der Waals surface area contributed by atoms with Gasteiger partial charge in [-0.15, -0.1) is 0 Å². The van der Waals surface area contributed by atoms with Gasteiger partial charge in [0.1, 0.15) is 5.71 Å². The highest BCUT2D eigenvalue weighted by atomic mass is 32.2. The fourth-order valence-corrected chi connectivity index (χ4v) is 5.02. The maximum atomic E-state index is 12.3. The molecule has 1 aromatic rings. The van der Waals surface area contributed by atoms with E-state index >= 15 is 0 Å². The van der Waals surface area contributed by atoms with E-state index in [4.69, 9.17) is 4.84 Å². The average molecular weight is 350 g/mol. The van der Waals surface area contributed by atoms with E-state index in [1.807, 2.05) is 0 Å². The maximum Gasteiger partial charge on any atom is 0.273 e. The highest BCUT2D eigenvalue weighted by Gasteiger charge is 2.52. The van der Waals surface area contributed by atoms with Gasteiger partial charge in [-0.1, -0.05) is 5.16 Å². The molecule has 24 heavy (non-hydrogen) atoms. The van der Waals surface area contributed by atoms with Gasteiger partial charge in [-0.3, -0.25) is 9.78 Å². The molecule has 1 saturated heterocycles. The van der Waals surface area contributed by atoms with E-state index in [1.54, 1.807) is 24.5 Å². The van der Waals surface area contributed by atoms with Gasteiger partial charge in [0.2, 0.25) is 10.0 Å². The highest BCUT2D eigenvalue weighted by Crippen LogP contribution is 2.39. The van der Waals surface area contributed by atoms with Crippen molar-refractivity contribution in [2.45, 2.75) is 36.5 Å². The van der Waals surface area contributed by atoms with Gasteiger partial charge < -0.3 is 10.2 Å². The van der Waals surface area contributed by atoms with E-state index in [9.17, 15) is 13.2 Å². The molecule has 3 aliphatic rings. The lowest BCUT2D eigenvalue weighted by Gasteiger charge is -2.21. The Hall–Kier alpha value is -2.00. The number of carbonyl (C=O) groups excluding carboxylic acids is 1. The number of amides is 1. The summed E-state index contributed by atoms with van der Waals surface area (Å²) in [6.45, 7) is 0.685. The lowest BCUT2D eigenvalue weighted by Crippen LogP contribution is -2.38. The molecule has 8 nitrogen and oxygen atoms in total. The third-order valence-corrected chi connectivity index (χ3v) is 6.95. The third kappa shape index (κ3) is 2.78. The van der Waals surface area contributed by atoms with Gasteiger partial charge in [-0.2, -0.15) is 4.31 Å².